The molecule has 31 heavy (non-hydrogen) atoms. The number of anilines is 1. The molecule has 1 unspecified atom stereocenters. The van der Waals surface area contributed by atoms with E-state index >= 15 is 0 Å². The van der Waals surface area contributed by atoms with Crippen molar-refractivity contribution in [3.05, 3.63) is 59.3 Å². The Morgan fingerprint density at radius 3 is 2.32 bits per heavy atom. The van der Waals surface area contributed by atoms with Gasteiger partial charge in [0.1, 0.15) is 5.82 Å². The number of ketones is 1. The summed E-state index contributed by atoms with van der Waals surface area (Å²) >= 11 is 0. The Morgan fingerprint density at radius 1 is 1.10 bits per heavy atom. The lowest BCUT2D eigenvalue weighted by Crippen LogP contribution is -2.56. The van der Waals surface area contributed by atoms with E-state index in [1.54, 1.807) is 29.2 Å². The Morgan fingerprint density at radius 2 is 1.74 bits per heavy atom. The van der Waals surface area contributed by atoms with Crippen molar-refractivity contribution in [1.82, 2.24) is 15.2 Å². The van der Waals surface area contributed by atoms with E-state index in [2.05, 4.69) is 21.3 Å². The number of benzene rings is 1. The second-order valence-electron chi connectivity index (χ2n) is 8.52. The number of aryl methyl sites for hydroxylation is 1. The minimum Gasteiger partial charge on any atom is -0.353 e. The fourth-order valence-corrected chi connectivity index (χ4v) is 3.57. The lowest BCUT2D eigenvalue weighted by atomic mass is 9.78. The Labute approximate surface area is 183 Å². The summed E-state index contributed by atoms with van der Waals surface area (Å²) in [6, 6.07) is 14.1. The third kappa shape index (κ3) is 5.02. The molecule has 0 spiro atoms. The number of urea groups is 1. The first kappa shape index (κ1) is 22.3. The van der Waals surface area contributed by atoms with Crippen molar-refractivity contribution in [2.45, 2.75) is 33.7 Å². The summed E-state index contributed by atoms with van der Waals surface area (Å²) in [5.74, 6) is 0.864. The molecule has 7 heteroatoms. The van der Waals surface area contributed by atoms with Gasteiger partial charge in [0, 0.05) is 48.9 Å². The molecule has 1 aromatic carbocycles. The maximum Gasteiger partial charge on any atom is 0.317 e. The van der Waals surface area contributed by atoms with Gasteiger partial charge >= 0.3 is 6.03 Å². The SMILES string of the molecule is Cc1cccc(N2CCN(C(=O)NC(C)C(C)(C)C(=O)c3ccc(C#N)cc3)CC2)n1. The Kier molecular flexibility index (Phi) is 6.59. The van der Waals surface area contributed by atoms with Gasteiger partial charge < -0.3 is 15.1 Å². The van der Waals surface area contributed by atoms with Crippen LogP contribution < -0.4 is 10.2 Å². The lowest BCUT2D eigenvalue weighted by molar-refractivity contribution is 0.0790. The van der Waals surface area contributed by atoms with Crippen molar-refractivity contribution in [3.8, 4) is 6.07 Å². The molecule has 1 aliphatic heterocycles. The molecule has 162 valence electrons. The zero-order chi connectivity index (χ0) is 22.6. The molecule has 1 atom stereocenters. The van der Waals surface area contributed by atoms with Crippen LogP contribution in [0.4, 0.5) is 10.6 Å². The molecule has 1 aliphatic rings. The zero-order valence-corrected chi connectivity index (χ0v) is 18.6. The number of nitriles is 1. The number of pyridine rings is 1. The fourth-order valence-electron chi connectivity index (χ4n) is 3.57. The van der Waals surface area contributed by atoms with Crippen LogP contribution in [0.5, 0.6) is 0 Å². The molecule has 2 aromatic rings. The Balaban J connectivity index is 1.58. The fraction of sp³-hybridized carbons (Fsp3) is 0.417. The van der Waals surface area contributed by atoms with Crippen molar-refractivity contribution in [2.75, 3.05) is 31.1 Å². The van der Waals surface area contributed by atoms with Crippen LogP contribution in [0.3, 0.4) is 0 Å². The molecule has 3 rings (SSSR count). The van der Waals surface area contributed by atoms with Crippen molar-refractivity contribution < 1.29 is 9.59 Å². The van der Waals surface area contributed by atoms with Crippen LogP contribution in [0.15, 0.2) is 42.5 Å². The van der Waals surface area contributed by atoms with Gasteiger partial charge in [0.25, 0.3) is 0 Å². The van der Waals surface area contributed by atoms with E-state index in [0.29, 0.717) is 37.3 Å². The van der Waals surface area contributed by atoms with Crippen LogP contribution in [-0.2, 0) is 0 Å². The number of amides is 2. The smallest absolute Gasteiger partial charge is 0.317 e. The largest absolute Gasteiger partial charge is 0.353 e. The molecule has 1 saturated heterocycles. The van der Waals surface area contributed by atoms with Gasteiger partial charge in [-0.3, -0.25) is 4.79 Å². The van der Waals surface area contributed by atoms with Crippen LogP contribution in [-0.4, -0.2) is 53.9 Å². The average molecular weight is 420 g/mol. The lowest BCUT2D eigenvalue weighted by Gasteiger charge is -2.37. The van der Waals surface area contributed by atoms with E-state index in [9.17, 15) is 9.59 Å². The molecule has 7 nitrogen and oxygen atoms in total. The van der Waals surface area contributed by atoms with E-state index in [1.165, 1.54) is 0 Å². The predicted octanol–water partition coefficient (Wildman–Crippen LogP) is 3.39. The summed E-state index contributed by atoms with van der Waals surface area (Å²) in [6.45, 7) is 10.1. The minimum atomic E-state index is -0.795. The van der Waals surface area contributed by atoms with Gasteiger partial charge in [-0.2, -0.15) is 5.26 Å². The Hall–Kier alpha value is -3.40. The van der Waals surface area contributed by atoms with E-state index in [4.69, 9.17) is 5.26 Å². The maximum atomic E-state index is 13.0. The van der Waals surface area contributed by atoms with E-state index in [0.717, 1.165) is 11.5 Å². The third-order valence-corrected chi connectivity index (χ3v) is 6.05. The molecule has 1 fully saturated rings. The number of piperazine rings is 1. The van der Waals surface area contributed by atoms with Gasteiger partial charge in [-0.15, -0.1) is 0 Å². The first-order valence-corrected chi connectivity index (χ1v) is 10.5. The Bertz CT molecular complexity index is 986. The number of aromatic nitrogens is 1. The van der Waals surface area contributed by atoms with Crippen LogP contribution in [0.25, 0.3) is 0 Å². The quantitative estimate of drug-likeness (QED) is 0.751. The molecule has 0 saturated carbocycles. The van der Waals surface area contributed by atoms with Crippen molar-refractivity contribution in [1.29, 1.82) is 5.26 Å². The summed E-state index contributed by atoms with van der Waals surface area (Å²) in [4.78, 5) is 34.4. The first-order valence-electron chi connectivity index (χ1n) is 10.5. The van der Waals surface area contributed by atoms with Crippen LogP contribution in [0, 0.1) is 23.7 Å². The number of nitrogens with zero attached hydrogens (tertiary/aromatic N) is 4. The molecule has 0 radical (unpaired) electrons. The number of rotatable bonds is 5. The zero-order valence-electron chi connectivity index (χ0n) is 18.6. The molecule has 1 aromatic heterocycles. The van der Waals surface area contributed by atoms with Gasteiger partial charge in [-0.25, -0.2) is 9.78 Å². The van der Waals surface area contributed by atoms with Gasteiger partial charge in [0.15, 0.2) is 5.78 Å². The second-order valence-corrected chi connectivity index (χ2v) is 8.52. The van der Waals surface area contributed by atoms with E-state index in [-0.39, 0.29) is 17.9 Å². The summed E-state index contributed by atoms with van der Waals surface area (Å²) in [5, 5.41) is 11.9. The van der Waals surface area contributed by atoms with Gasteiger partial charge in [0.2, 0.25) is 0 Å². The summed E-state index contributed by atoms with van der Waals surface area (Å²) in [6.07, 6.45) is 0. The molecular formula is C24H29N5O2. The summed E-state index contributed by atoms with van der Waals surface area (Å²) < 4.78 is 0. The van der Waals surface area contributed by atoms with Crippen LogP contribution in [0.2, 0.25) is 0 Å². The van der Waals surface area contributed by atoms with E-state index in [1.807, 2.05) is 45.9 Å². The van der Waals surface area contributed by atoms with Crippen LogP contribution >= 0.6 is 0 Å². The molecule has 1 N–H and O–H groups in total. The predicted molar refractivity (Wildman–Crippen MR) is 120 cm³/mol. The van der Waals surface area contributed by atoms with Crippen molar-refractivity contribution >= 4 is 17.6 Å². The molecule has 0 aliphatic carbocycles. The van der Waals surface area contributed by atoms with E-state index < -0.39 is 5.41 Å². The number of hydrogen-bond acceptors (Lipinski definition) is 5. The number of nitrogens with one attached hydrogen (secondary N) is 1. The van der Waals surface area contributed by atoms with Gasteiger partial charge in [0.05, 0.1) is 11.6 Å². The molecule has 2 amide bonds. The van der Waals surface area contributed by atoms with Crippen LogP contribution in [0.1, 0.15) is 42.4 Å². The second kappa shape index (κ2) is 9.17. The normalized spacial score (nSPS) is 15.2. The van der Waals surface area contributed by atoms with Gasteiger partial charge in [-0.1, -0.05) is 32.0 Å². The highest BCUT2D eigenvalue weighted by Crippen LogP contribution is 2.27. The number of carbonyl (C=O) groups is 2. The van der Waals surface area contributed by atoms with Crippen molar-refractivity contribution in [2.24, 2.45) is 5.41 Å². The highest BCUT2D eigenvalue weighted by atomic mass is 16.2. The molecule has 0 bridgehead atoms. The number of Topliss-reactive ketones (excluding diaryl/α,β-unsaturated/α-hetero) is 1. The number of carbonyl (C=O) groups excluding carboxylic acids is 2. The first-order chi connectivity index (χ1) is 14.7. The monoisotopic (exact) mass is 419 g/mol. The molecular weight excluding hydrogens is 390 g/mol. The number of hydrogen-bond donors (Lipinski definition) is 1. The highest BCUT2D eigenvalue weighted by molar-refractivity contribution is 6.00. The van der Waals surface area contributed by atoms with Crippen molar-refractivity contribution in [3.63, 3.8) is 0 Å². The molecule has 2 heterocycles. The standard InChI is InChI=1S/C24H29N5O2/c1-17-6-5-7-21(26-17)28-12-14-29(15-13-28)23(31)27-18(2)24(3,4)22(30)20-10-8-19(16-25)9-11-20/h5-11,18H,12-15H2,1-4H3,(H,27,31). The van der Waals surface area contributed by atoms with Gasteiger partial charge in [-0.05, 0) is 38.1 Å². The highest BCUT2D eigenvalue weighted by Gasteiger charge is 2.36. The summed E-state index contributed by atoms with van der Waals surface area (Å²) in [5.41, 5.74) is 1.22. The third-order valence-electron chi connectivity index (χ3n) is 6.05. The maximum absolute atomic E-state index is 13.0. The summed E-state index contributed by atoms with van der Waals surface area (Å²) in [7, 11) is 0. The topological polar surface area (TPSA) is 89.3 Å². The average Bonchev–Trinajstić information content (AvgIpc) is 2.78. The minimum absolute atomic E-state index is 0.0693.